The molecule has 2 atom stereocenters. The lowest BCUT2D eigenvalue weighted by Gasteiger charge is -2.25. The molecule has 5 nitrogen and oxygen atoms in total. The molecule has 2 aliphatic heterocycles. The molecule has 130 valence electrons. The third-order valence-electron chi connectivity index (χ3n) is 4.98. The van der Waals surface area contributed by atoms with E-state index >= 15 is 0 Å². The van der Waals surface area contributed by atoms with Crippen molar-refractivity contribution in [1.29, 1.82) is 0 Å². The highest BCUT2D eigenvalue weighted by Gasteiger charge is 2.27. The van der Waals surface area contributed by atoms with Crippen molar-refractivity contribution in [1.82, 2.24) is 10.3 Å². The number of para-hydroxylation sites is 1. The molecule has 1 aromatic heterocycles. The van der Waals surface area contributed by atoms with E-state index in [9.17, 15) is 4.79 Å². The summed E-state index contributed by atoms with van der Waals surface area (Å²) in [6.45, 7) is 3.55. The Morgan fingerprint density at radius 2 is 2.24 bits per heavy atom. The van der Waals surface area contributed by atoms with Crippen LogP contribution in [-0.4, -0.2) is 36.2 Å². The van der Waals surface area contributed by atoms with Crippen molar-refractivity contribution >= 4 is 17.3 Å². The standard InChI is InChI=1S/C20H23N3O2/c1-14-11-15-5-2-3-7-19(15)23(14)16-8-9-21-18(12-16)20(24)22-13-17-6-4-10-25-17/h2-3,5,7-9,12,14,17H,4,6,10-11,13H2,1H3,(H,22,24). The van der Waals surface area contributed by atoms with Crippen LogP contribution in [0.3, 0.4) is 0 Å². The molecule has 0 bridgehead atoms. The van der Waals surface area contributed by atoms with Crippen LogP contribution in [0.2, 0.25) is 0 Å². The second-order valence-corrected chi connectivity index (χ2v) is 6.80. The first kappa shape index (κ1) is 16.1. The summed E-state index contributed by atoms with van der Waals surface area (Å²) in [6.07, 6.45) is 4.94. The summed E-state index contributed by atoms with van der Waals surface area (Å²) in [6, 6.07) is 12.6. The van der Waals surface area contributed by atoms with Gasteiger partial charge in [0.05, 0.1) is 6.10 Å². The first-order chi connectivity index (χ1) is 12.2. The number of hydrogen-bond donors (Lipinski definition) is 1. The number of benzene rings is 1. The maximum atomic E-state index is 12.4. The molecule has 1 amide bonds. The predicted octanol–water partition coefficient (Wildman–Crippen LogP) is 3.07. The summed E-state index contributed by atoms with van der Waals surface area (Å²) in [4.78, 5) is 19.0. The molecule has 0 radical (unpaired) electrons. The SMILES string of the molecule is CC1Cc2ccccc2N1c1ccnc(C(=O)NCC2CCCO2)c1. The Morgan fingerprint density at radius 3 is 3.08 bits per heavy atom. The first-order valence-electron chi connectivity index (χ1n) is 8.95. The average Bonchev–Trinajstić information content (AvgIpc) is 3.26. The van der Waals surface area contributed by atoms with Crippen LogP contribution in [0, 0.1) is 0 Å². The minimum atomic E-state index is -0.141. The van der Waals surface area contributed by atoms with Gasteiger partial charge in [-0.1, -0.05) is 18.2 Å². The summed E-state index contributed by atoms with van der Waals surface area (Å²) < 4.78 is 5.55. The summed E-state index contributed by atoms with van der Waals surface area (Å²) in [5.41, 5.74) is 4.02. The predicted molar refractivity (Wildman–Crippen MR) is 97.3 cm³/mol. The molecule has 3 heterocycles. The Hall–Kier alpha value is -2.40. The molecule has 0 spiro atoms. The quantitative estimate of drug-likeness (QED) is 0.931. The van der Waals surface area contributed by atoms with Crippen molar-refractivity contribution in [3.8, 4) is 0 Å². The fourth-order valence-electron chi connectivity index (χ4n) is 3.75. The Labute approximate surface area is 148 Å². The van der Waals surface area contributed by atoms with Gasteiger partial charge in [0.2, 0.25) is 0 Å². The number of nitrogens with zero attached hydrogens (tertiary/aromatic N) is 2. The lowest BCUT2D eigenvalue weighted by atomic mass is 10.1. The number of aromatic nitrogens is 1. The molecule has 0 saturated carbocycles. The number of amides is 1. The van der Waals surface area contributed by atoms with E-state index in [2.05, 4.69) is 46.4 Å². The number of carbonyl (C=O) groups is 1. The Morgan fingerprint density at radius 1 is 1.36 bits per heavy atom. The zero-order chi connectivity index (χ0) is 17.2. The fourth-order valence-corrected chi connectivity index (χ4v) is 3.75. The van der Waals surface area contributed by atoms with E-state index in [1.807, 2.05) is 12.1 Å². The topological polar surface area (TPSA) is 54.5 Å². The van der Waals surface area contributed by atoms with Crippen LogP contribution in [0.15, 0.2) is 42.6 Å². The minimum absolute atomic E-state index is 0.137. The molecular formula is C20H23N3O2. The summed E-state index contributed by atoms with van der Waals surface area (Å²) in [7, 11) is 0. The van der Waals surface area contributed by atoms with E-state index in [1.54, 1.807) is 6.20 Å². The van der Waals surface area contributed by atoms with Crippen molar-refractivity contribution in [2.45, 2.75) is 38.3 Å². The second-order valence-electron chi connectivity index (χ2n) is 6.80. The maximum absolute atomic E-state index is 12.4. The number of pyridine rings is 1. The van der Waals surface area contributed by atoms with Crippen LogP contribution in [-0.2, 0) is 11.2 Å². The van der Waals surface area contributed by atoms with Crippen molar-refractivity contribution in [3.05, 3.63) is 53.9 Å². The molecule has 2 aromatic rings. The molecular weight excluding hydrogens is 314 g/mol. The van der Waals surface area contributed by atoms with E-state index in [-0.39, 0.29) is 12.0 Å². The van der Waals surface area contributed by atoms with Crippen LogP contribution in [0.1, 0.15) is 35.8 Å². The lowest BCUT2D eigenvalue weighted by Crippen LogP contribution is -2.32. The number of hydrogen-bond acceptors (Lipinski definition) is 4. The fraction of sp³-hybridized carbons (Fsp3) is 0.400. The molecule has 0 aliphatic carbocycles. The van der Waals surface area contributed by atoms with Crippen molar-refractivity contribution in [3.63, 3.8) is 0 Å². The van der Waals surface area contributed by atoms with Gasteiger partial charge in [-0.15, -0.1) is 0 Å². The van der Waals surface area contributed by atoms with Gasteiger partial charge in [-0.3, -0.25) is 9.78 Å². The van der Waals surface area contributed by atoms with Gasteiger partial charge in [0.25, 0.3) is 5.91 Å². The van der Waals surface area contributed by atoms with Gasteiger partial charge in [-0.2, -0.15) is 0 Å². The molecule has 2 unspecified atom stereocenters. The Kier molecular flexibility index (Phi) is 4.40. The molecule has 1 fully saturated rings. The first-order valence-corrected chi connectivity index (χ1v) is 8.95. The molecule has 1 N–H and O–H groups in total. The van der Waals surface area contributed by atoms with Gasteiger partial charge in [0.15, 0.2) is 0 Å². The second kappa shape index (κ2) is 6.84. The van der Waals surface area contributed by atoms with E-state index in [0.29, 0.717) is 18.3 Å². The van der Waals surface area contributed by atoms with Crippen molar-refractivity contribution in [2.24, 2.45) is 0 Å². The third-order valence-corrected chi connectivity index (χ3v) is 4.98. The zero-order valence-electron chi connectivity index (χ0n) is 14.4. The minimum Gasteiger partial charge on any atom is -0.376 e. The molecule has 5 heteroatoms. The van der Waals surface area contributed by atoms with E-state index < -0.39 is 0 Å². The van der Waals surface area contributed by atoms with Crippen molar-refractivity contribution in [2.75, 3.05) is 18.1 Å². The molecule has 1 aromatic carbocycles. The van der Waals surface area contributed by atoms with Gasteiger partial charge in [-0.25, -0.2) is 0 Å². The molecule has 1 saturated heterocycles. The molecule has 2 aliphatic rings. The third kappa shape index (κ3) is 3.24. The number of carbonyl (C=O) groups excluding carboxylic acids is 1. The highest BCUT2D eigenvalue weighted by molar-refractivity contribution is 5.93. The molecule has 25 heavy (non-hydrogen) atoms. The Balaban J connectivity index is 1.52. The van der Waals surface area contributed by atoms with Gasteiger partial charge < -0.3 is 15.0 Å². The number of nitrogens with one attached hydrogen (secondary N) is 1. The highest BCUT2D eigenvalue weighted by atomic mass is 16.5. The van der Waals surface area contributed by atoms with Crippen LogP contribution >= 0.6 is 0 Å². The monoisotopic (exact) mass is 337 g/mol. The number of anilines is 2. The summed E-state index contributed by atoms with van der Waals surface area (Å²) in [5, 5.41) is 2.94. The van der Waals surface area contributed by atoms with Gasteiger partial charge in [0, 0.05) is 36.8 Å². The van der Waals surface area contributed by atoms with E-state index in [0.717, 1.165) is 31.6 Å². The normalized spacial score (nSPS) is 22.0. The zero-order valence-corrected chi connectivity index (χ0v) is 14.4. The summed E-state index contributed by atoms with van der Waals surface area (Å²) in [5.74, 6) is -0.141. The van der Waals surface area contributed by atoms with Crippen LogP contribution in [0.4, 0.5) is 11.4 Å². The van der Waals surface area contributed by atoms with Crippen LogP contribution in [0.25, 0.3) is 0 Å². The largest absolute Gasteiger partial charge is 0.376 e. The van der Waals surface area contributed by atoms with Crippen molar-refractivity contribution < 1.29 is 9.53 Å². The molecule has 4 rings (SSSR count). The average molecular weight is 337 g/mol. The van der Waals surface area contributed by atoms with Gasteiger partial charge in [0.1, 0.15) is 5.69 Å². The number of fused-ring (bicyclic) bond motifs is 1. The van der Waals surface area contributed by atoms with Crippen LogP contribution in [0.5, 0.6) is 0 Å². The van der Waals surface area contributed by atoms with Gasteiger partial charge >= 0.3 is 0 Å². The lowest BCUT2D eigenvalue weighted by molar-refractivity contribution is 0.0853. The highest BCUT2D eigenvalue weighted by Crippen LogP contribution is 2.37. The maximum Gasteiger partial charge on any atom is 0.270 e. The van der Waals surface area contributed by atoms with E-state index in [4.69, 9.17) is 4.74 Å². The number of rotatable bonds is 4. The van der Waals surface area contributed by atoms with Crippen LogP contribution < -0.4 is 10.2 Å². The summed E-state index contributed by atoms with van der Waals surface area (Å²) >= 11 is 0. The smallest absolute Gasteiger partial charge is 0.270 e. The van der Waals surface area contributed by atoms with Gasteiger partial charge in [-0.05, 0) is 49.9 Å². The Bertz CT molecular complexity index is 771. The number of ether oxygens (including phenoxy) is 1. The van der Waals surface area contributed by atoms with E-state index in [1.165, 1.54) is 11.3 Å².